The van der Waals surface area contributed by atoms with E-state index in [0.717, 1.165) is 5.02 Å². The van der Waals surface area contributed by atoms with E-state index in [-0.39, 0.29) is 6.04 Å². The molecule has 3 atom stereocenters. The van der Waals surface area contributed by atoms with Crippen molar-refractivity contribution in [3.05, 3.63) is 34.9 Å². The average Bonchev–Trinajstić information content (AvgIpc) is 2.35. The fourth-order valence-electron chi connectivity index (χ4n) is 2.07. The molecule has 3 N–H and O–H groups in total. The Kier molecular flexibility index (Phi) is 5.06. The van der Waals surface area contributed by atoms with E-state index in [1.54, 1.807) is 0 Å². The molecule has 1 heterocycles. The van der Waals surface area contributed by atoms with Gasteiger partial charge in [0.15, 0.2) is 0 Å². The fourth-order valence-corrected chi connectivity index (χ4v) is 5.12. The van der Waals surface area contributed by atoms with Crippen LogP contribution in [0.25, 0.3) is 0 Å². The van der Waals surface area contributed by atoms with Crippen LogP contribution in [0.1, 0.15) is 18.5 Å². The largest absolute Gasteiger partial charge is 0.271 e. The number of hydrogen-bond donors (Lipinski definition) is 2. The number of benzene rings is 1. The number of thioether (sulfide) groups is 2. The van der Waals surface area contributed by atoms with Gasteiger partial charge in [-0.2, -0.15) is 23.5 Å². The van der Waals surface area contributed by atoms with Gasteiger partial charge < -0.3 is 0 Å². The van der Waals surface area contributed by atoms with E-state index in [9.17, 15) is 0 Å². The summed E-state index contributed by atoms with van der Waals surface area (Å²) in [6, 6.07) is 8.15. The third kappa shape index (κ3) is 3.32. The molecule has 1 saturated heterocycles. The van der Waals surface area contributed by atoms with Crippen LogP contribution in [0.15, 0.2) is 24.3 Å². The van der Waals surface area contributed by atoms with Gasteiger partial charge in [-0.15, -0.1) is 0 Å². The van der Waals surface area contributed by atoms with Crippen LogP contribution >= 0.6 is 35.1 Å². The minimum absolute atomic E-state index is 0.195. The summed E-state index contributed by atoms with van der Waals surface area (Å²) in [6.07, 6.45) is 0. The Morgan fingerprint density at radius 3 is 2.53 bits per heavy atom. The maximum absolute atomic E-state index is 5.91. The summed E-state index contributed by atoms with van der Waals surface area (Å²) in [5, 5.41) is 1.90. The summed E-state index contributed by atoms with van der Waals surface area (Å²) in [6.45, 7) is 2.28. The van der Waals surface area contributed by atoms with Gasteiger partial charge in [0.2, 0.25) is 0 Å². The minimum Gasteiger partial charge on any atom is -0.271 e. The number of hydrazine groups is 1. The van der Waals surface area contributed by atoms with Crippen molar-refractivity contribution < 1.29 is 0 Å². The van der Waals surface area contributed by atoms with Crippen molar-refractivity contribution in [3.8, 4) is 0 Å². The number of halogens is 1. The van der Waals surface area contributed by atoms with E-state index >= 15 is 0 Å². The number of nitrogens with one attached hydrogen (secondary N) is 1. The molecule has 0 aromatic heterocycles. The average molecular weight is 289 g/mol. The van der Waals surface area contributed by atoms with E-state index < -0.39 is 0 Å². The van der Waals surface area contributed by atoms with Crippen molar-refractivity contribution in [2.24, 2.45) is 5.84 Å². The van der Waals surface area contributed by atoms with Gasteiger partial charge in [0.25, 0.3) is 0 Å². The molecule has 0 amide bonds. The number of rotatable bonds is 3. The van der Waals surface area contributed by atoms with Gasteiger partial charge >= 0.3 is 0 Å². The van der Waals surface area contributed by atoms with Crippen molar-refractivity contribution in [2.75, 3.05) is 11.5 Å². The van der Waals surface area contributed by atoms with Crippen LogP contribution in [0.5, 0.6) is 0 Å². The number of nitrogens with two attached hydrogens (primary N) is 1. The molecule has 1 fully saturated rings. The van der Waals surface area contributed by atoms with Gasteiger partial charge in [-0.3, -0.25) is 11.3 Å². The first-order valence-electron chi connectivity index (χ1n) is 5.67. The second-order valence-electron chi connectivity index (χ2n) is 4.11. The highest BCUT2D eigenvalue weighted by molar-refractivity contribution is 8.07. The summed E-state index contributed by atoms with van der Waals surface area (Å²) < 4.78 is 0. The lowest BCUT2D eigenvalue weighted by atomic mass is 10.0. The molecule has 1 aromatic rings. The predicted molar refractivity (Wildman–Crippen MR) is 79.7 cm³/mol. The van der Waals surface area contributed by atoms with Crippen molar-refractivity contribution in [1.82, 2.24) is 5.43 Å². The Morgan fingerprint density at radius 2 is 1.94 bits per heavy atom. The zero-order valence-electron chi connectivity index (χ0n) is 9.73. The molecule has 0 aliphatic carbocycles. The molecular formula is C12H17ClN2S2. The Labute approximate surface area is 116 Å². The second kappa shape index (κ2) is 6.34. The molecule has 94 valence electrons. The van der Waals surface area contributed by atoms with Gasteiger partial charge in [0, 0.05) is 27.0 Å². The lowest BCUT2D eigenvalue weighted by Crippen LogP contribution is -2.40. The van der Waals surface area contributed by atoms with Crippen LogP contribution in [0.4, 0.5) is 0 Å². The molecule has 0 radical (unpaired) electrons. The number of hydrogen-bond acceptors (Lipinski definition) is 4. The van der Waals surface area contributed by atoms with E-state index in [0.29, 0.717) is 10.5 Å². The van der Waals surface area contributed by atoms with Crippen LogP contribution in [0, 0.1) is 0 Å². The van der Waals surface area contributed by atoms with Crippen LogP contribution in [-0.4, -0.2) is 22.0 Å². The molecule has 1 aliphatic rings. The summed E-state index contributed by atoms with van der Waals surface area (Å²) in [5.41, 5.74) is 4.17. The van der Waals surface area contributed by atoms with Crippen molar-refractivity contribution in [3.63, 3.8) is 0 Å². The van der Waals surface area contributed by atoms with Crippen molar-refractivity contribution >= 4 is 35.1 Å². The summed E-state index contributed by atoms with van der Waals surface area (Å²) in [5.74, 6) is 8.17. The Morgan fingerprint density at radius 1 is 1.29 bits per heavy atom. The lowest BCUT2D eigenvalue weighted by Gasteiger charge is -2.34. The molecule has 2 nitrogen and oxygen atoms in total. The molecule has 0 saturated carbocycles. The zero-order chi connectivity index (χ0) is 12.3. The normalized spacial score (nSPS) is 26.8. The Bertz CT molecular complexity index is 358. The summed E-state index contributed by atoms with van der Waals surface area (Å²) >= 11 is 9.94. The molecule has 17 heavy (non-hydrogen) atoms. The highest BCUT2D eigenvalue weighted by Gasteiger charge is 2.30. The van der Waals surface area contributed by atoms with E-state index in [2.05, 4.69) is 24.5 Å². The second-order valence-corrected chi connectivity index (χ2v) is 7.31. The van der Waals surface area contributed by atoms with Gasteiger partial charge in [0.05, 0.1) is 6.04 Å². The molecular weight excluding hydrogens is 272 g/mol. The first kappa shape index (κ1) is 13.6. The Hall–Kier alpha value is 0.130. The quantitative estimate of drug-likeness (QED) is 0.662. The van der Waals surface area contributed by atoms with Crippen LogP contribution in [-0.2, 0) is 0 Å². The monoisotopic (exact) mass is 288 g/mol. The zero-order valence-corrected chi connectivity index (χ0v) is 12.1. The summed E-state index contributed by atoms with van der Waals surface area (Å²) in [4.78, 5) is 0. The molecule has 0 bridgehead atoms. The Balaban J connectivity index is 2.17. The van der Waals surface area contributed by atoms with Gasteiger partial charge in [-0.25, -0.2) is 0 Å². The first-order chi connectivity index (χ1) is 8.22. The fraction of sp³-hybridized carbons (Fsp3) is 0.500. The van der Waals surface area contributed by atoms with Crippen LogP contribution in [0.2, 0.25) is 5.02 Å². The predicted octanol–water partition coefficient (Wildman–Crippen LogP) is 3.08. The maximum atomic E-state index is 5.91. The van der Waals surface area contributed by atoms with Crippen LogP contribution in [0.3, 0.4) is 0 Å². The first-order valence-corrected chi connectivity index (χ1v) is 8.14. The molecule has 1 aliphatic heterocycles. The third-order valence-corrected chi connectivity index (χ3v) is 6.42. The van der Waals surface area contributed by atoms with Crippen LogP contribution < -0.4 is 11.3 Å². The van der Waals surface area contributed by atoms with Gasteiger partial charge in [-0.1, -0.05) is 30.7 Å². The topological polar surface area (TPSA) is 38.0 Å². The standard InChI is InChI=1S/C12H17ClN2S2/c1-8-12(17-7-6-16-8)11(15-14)9-2-4-10(13)5-3-9/h2-5,8,11-12,15H,6-7,14H2,1H3. The molecule has 0 spiro atoms. The molecule has 2 rings (SSSR count). The SMILES string of the molecule is CC1SCCSC1C(NN)c1ccc(Cl)cc1. The highest BCUT2D eigenvalue weighted by Crippen LogP contribution is 2.38. The highest BCUT2D eigenvalue weighted by atomic mass is 35.5. The van der Waals surface area contributed by atoms with E-state index in [1.807, 2.05) is 35.7 Å². The summed E-state index contributed by atoms with van der Waals surface area (Å²) in [7, 11) is 0. The third-order valence-electron chi connectivity index (χ3n) is 2.97. The van der Waals surface area contributed by atoms with E-state index in [1.165, 1.54) is 17.1 Å². The lowest BCUT2D eigenvalue weighted by molar-refractivity contribution is 0.527. The van der Waals surface area contributed by atoms with Gasteiger partial charge in [0.1, 0.15) is 0 Å². The van der Waals surface area contributed by atoms with Crippen molar-refractivity contribution in [1.29, 1.82) is 0 Å². The minimum atomic E-state index is 0.195. The smallest absolute Gasteiger partial charge is 0.0589 e. The molecule has 1 aromatic carbocycles. The molecule has 3 unspecified atom stereocenters. The van der Waals surface area contributed by atoms with Crippen molar-refractivity contribution in [2.45, 2.75) is 23.5 Å². The maximum Gasteiger partial charge on any atom is 0.0589 e. The molecule has 5 heteroatoms. The van der Waals surface area contributed by atoms with E-state index in [4.69, 9.17) is 17.4 Å². The van der Waals surface area contributed by atoms with Gasteiger partial charge in [-0.05, 0) is 17.7 Å².